The number of benzene rings is 3. The number of carbonyl (C=O) groups excluding carboxylic acids is 1. The van der Waals surface area contributed by atoms with Crippen LogP contribution in [0.3, 0.4) is 0 Å². The van der Waals surface area contributed by atoms with Crippen molar-refractivity contribution in [3.63, 3.8) is 0 Å². The molecule has 3 rings (SSSR count). The van der Waals surface area contributed by atoms with E-state index >= 15 is 0 Å². The SMILES string of the molecule is Cc1ccc(OCC(=O)Nc2ccc(N(c3ccccc3)C(C)C)cc2)cc1. The number of nitrogens with zero attached hydrogens (tertiary/aromatic N) is 1. The number of aryl methyl sites for hydroxylation is 1. The molecule has 0 spiro atoms. The highest BCUT2D eigenvalue weighted by molar-refractivity contribution is 5.92. The first-order valence-corrected chi connectivity index (χ1v) is 9.46. The van der Waals surface area contributed by atoms with Crippen molar-refractivity contribution in [2.75, 3.05) is 16.8 Å². The monoisotopic (exact) mass is 374 g/mol. The zero-order valence-corrected chi connectivity index (χ0v) is 16.6. The highest BCUT2D eigenvalue weighted by Gasteiger charge is 2.13. The van der Waals surface area contributed by atoms with Crippen LogP contribution in [0.4, 0.5) is 17.1 Å². The Morgan fingerprint density at radius 1 is 0.893 bits per heavy atom. The molecule has 0 heterocycles. The molecule has 28 heavy (non-hydrogen) atoms. The first-order chi connectivity index (χ1) is 13.5. The van der Waals surface area contributed by atoms with Crippen molar-refractivity contribution in [3.05, 3.63) is 84.4 Å². The molecule has 4 nitrogen and oxygen atoms in total. The Bertz CT molecular complexity index is 888. The van der Waals surface area contributed by atoms with Crippen LogP contribution in [0.2, 0.25) is 0 Å². The highest BCUT2D eigenvalue weighted by atomic mass is 16.5. The van der Waals surface area contributed by atoms with E-state index in [1.807, 2.05) is 73.7 Å². The molecule has 3 aromatic carbocycles. The Labute approximate surface area is 166 Å². The highest BCUT2D eigenvalue weighted by Crippen LogP contribution is 2.28. The van der Waals surface area contributed by atoms with Crippen molar-refractivity contribution in [1.29, 1.82) is 0 Å². The fourth-order valence-corrected chi connectivity index (χ4v) is 3.02. The fourth-order valence-electron chi connectivity index (χ4n) is 3.02. The molecule has 0 unspecified atom stereocenters. The molecule has 0 saturated heterocycles. The van der Waals surface area contributed by atoms with Crippen LogP contribution >= 0.6 is 0 Å². The van der Waals surface area contributed by atoms with E-state index in [0.717, 1.165) is 22.6 Å². The lowest BCUT2D eigenvalue weighted by Gasteiger charge is -2.29. The molecule has 0 saturated carbocycles. The predicted octanol–water partition coefficient (Wildman–Crippen LogP) is 5.56. The van der Waals surface area contributed by atoms with Gasteiger partial charge in [-0.3, -0.25) is 4.79 Å². The molecule has 0 fully saturated rings. The molecule has 0 atom stereocenters. The topological polar surface area (TPSA) is 41.6 Å². The number of ether oxygens (including phenoxy) is 1. The average molecular weight is 374 g/mol. The minimum atomic E-state index is -0.183. The Kier molecular flexibility index (Phi) is 6.33. The summed E-state index contributed by atoms with van der Waals surface area (Å²) in [4.78, 5) is 14.4. The van der Waals surface area contributed by atoms with Gasteiger partial charge in [-0.2, -0.15) is 0 Å². The molecule has 144 valence electrons. The summed E-state index contributed by atoms with van der Waals surface area (Å²) in [6, 6.07) is 26.1. The van der Waals surface area contributed by atoms with Gasteiger partial charge in [0.2, 0.25) is 0 Å². The normalized spacial score (nSPS) is 10.6. The Balaban J connectivity index is 1.61. The number of amides is 1. The van der Waals surface area contributed by atoms with Gasteiger partial charge in [-0.1, -0.05) is 35.9 Å². The number of nitrogens with one attached hydrogen (secondary N) is 1. The van der Waals surface area contributed by atoms with Gasteiger partial charge in [-0.25, -0.2) is 0 Å². The molecular weight excluding hydrogens is 348 g/mol. The standard InChI is InChI=1S/C24H26N2O2/c1-18(2)26(21-7-5-4-6-8-21)22-13-11-20(12-14-22)25-24(27)17-28-23-15-9-19(3)10-16-23/h4-16,18H,17H2,1-3H3,(H,25,27). The molecule has 0 aromatic heterocycles. The van der Waals surface area contributed by atoms with E-state index in [1.165, 1.54) is 0 Å². The van der Waals surface area contributed by atoms with Gasteiger partial charge >= 0.3 is 0 Å². The molecule has 0 aliphatic heterocycles. The van der Waals surface area contributed by atoms with E-state index in [1.54, 1.807) is 0 Å². The summed E-state index contributed by atoms with van der Waals surface area (Å²) in [6.07, 6.45) is 0. The zero-order chi connectivity index (χ0) is 19.9. The van der Waals surface area contributed by atoms with Gasteiger partial charge in [-0.05, 0) is 69.3 Å². The van der Waals surface area contributed by atoms with Gasteiger partial charge in [0.05, 0.1) is 0 Å². The largest absolute Gasteiger partial charge is 0.484 e. The van der Waals surface area contributed by atoms with Crippen molar-refractivity contribution in [2.24, 2.45) is 0 Å². The molecule has 3 aromatic rings. The maximum Gasteiger partial charge on any atom is 0.262 e. The van der Waals surface area contributed by atoms with E-state index in [9.17, 15) is 4.79 Å². The van der Waals surface area contributed by atoms with Gasteiger partial charge in [0.1, 0.15) is 5.75 Å². The van der Waals surface area contributed by atoms with Crippen molar-refractivity contribution in [1.82, 2.24) is 0 Å². The van der Waals surface area contributed by atoms with Crippen LogP contribution < -0.4 is 15.0 Å². The number of hydrogen-bond donors (Lipinski definition) is 1. The van der Waals surface area contributed by atoms with Gasteiger partial charge < -0.3 is 15.0 Å². The third-order valence-corrected chi connectivity index (χ3v) is 4.37. The van der Waals surface area contributed by atoms with Crippen LogP contribution in [0.1, 0.15) is 19.4 Å². The molecule has 0 radical (unpaired) electrons. The minimum absolute atomic E-state index is 0.0209. The quantitative estimate of drug-likeness (QED) is 0.589. The van der Waals surface area contributed by atoms with Crippen molar-refractivity contribution >= 4 is 23.0 Å². The van der Waals surface area contributed by atoms with Gasteiger partial charge in [-0.15, -0.1) is 0 Å². The third kappa shape index (κ3) is 5.13. The number of carbonyl (C=O) groups is 1. The summed E-state index contributed by atoms with van der Waals surface area (Å²) >= 11 is 0. The summed E-state index contributed by atoms with van der Waals surface area (Å²) < 4.78 is 5.53. The van der Waals surface area contributed by atoms with Gasteiger partial charge in [0.15, 0.2) is 6.61 Å². The van der Waals surface area contributed by atoms with Crippen LogP contribution in [-0.2, 0) is 4.79 Å². The first-order valence-electron chi connectivity index (χ1n) is 9.46. The first kappa shape index (κ1) is 19.5. The van der Waals surface area contributed by atoms with Crippen molar-refractivity contribution in [2.45, 2.75) is 26.8 Å². The number of rotatable bonds is 7. The molecule has 0 aliphatic carbocycles. The molecule has 1 N–H and O–H groups in total. The van der Waals surface area contributed by atoms with E-state index in [4.69, 9.17) is 4.74 Å². The smallest absolute Gasteiger partial charge is 0.262 e. The number of hydrogen-bond acceptors (Lipinski definition) is 3. The minimum Gasteiger partial charge on any atom is -0.484 e. The van der Waals surface area contributed by atoms with Crippen molar-refractivity contribution in [3.8, 4) is 5.75 Å². The summed E-state index contributed by atoms with van der Waals surface area (Å²) in [6.45, 7) is 6.31. The van der Waals surface area contributed by atoms with Crippen LogP contribution in [0.15, 0.2) is 78.9 Å². The second-order valence-corrected chi connectivity index (χ2v) is 7.00. The van der Waals surface area contributed by atoms with Crippen LogP contribution in [-0.4, -0.2) is 18.6 Å². The van der Waals surface area contributed by atoms with Crippen LogP contribution in [0.25, 0.3) is 0 Å². The zero-order valence-electron chi connectivity index (χ0n) is 16.6. The maximum atomic E-state index is 12.2. The lowest BCUT2D eigenvalue weighted by Crippen LogP contribution is -2.25. The van der Waals surface area contributed by atoms with Crippen molar-refractivity contribution < 1.29 is 9.53 Å². The summed E-state index contributed by atoms with van der Waals surface area (Å²) in [7, 11) is 0. The Morgan fingerprint density at radius 3 is 2.11 bits per heavy atom. The van der Waals surface area contributed by atoms with E-state index in [0.29, 0.717) is 11.8 Å². The van der Waals surface area contributed by atoms with E-state index in [2.05, 4.69) is 36.2 Å². The maximum absolute atomic E-state index is 12.2. The summed E-state index contributed by atoms with van der Waals surface area (Å²) in [5.74, 6) is 0.503. The van der Waals surface area contributed by atoms with Crippen LogP contribution in [0, 0.1) is 6.92 Å². The molecule has 4 heteroatoms. The number of para-hydroxylation sites is 1. The lowest BCUT2D eigenvalue weighted by molar-refractivity contribution is -0.118. The van der Waals surface area contributed by atoms with E-state index in [-0.39, 0.29) is 12.5 Å². The Hall–Kier alpha value is -3.27. The summed E-state index contributed by atoms with van der Waals surface area (Å²) in [5, 5.41) is 2.88. The third-order valence-electron chi connectivity index (χ3n) is 4.37. The second-order valence-electron chi connectivity index (χ2n) is 7.00. The molecule has 1 amide bonds. The Morgan fingerprint density at radius 2 is 1.50 bits per heavy atom. The second kappa shape index (κ2) is 9.09. The lowest BCUT2D eigenvalue weighted by atomic mass is 10.2. The molecular formula is C24H26N2O2. The predicted molar refractivity (Wildman–Crippen MR) is 115 cm³/mol. The van der Waals surface area contributed by atoms with Gasteiger partial charge in [0, 0.05) is 23.1 Å². The number of anilines is 3. The van der Waals surface area contributed by atoms with E-state index < -0.39 is 0 Å². The fraction of sp³-hybridized carbons (Fsp3) is 0.208. The summed E-state index contributed by atoms with van der Waals surface area (Å²) in [5.41, 5.74) is 4.12. The molecule has 0 aliphatic rings. The van der Waals surface area contributed by atoms with Gasteiger partial charge in [0.25, 0.3) is 5.91 Å². The molecule has 0 bridgehead atoms. The average Bonchev–Trinajstić information content (AvgIpc) is 2.70. The van der Waals surface area contributed by atoms with Crippen LogP contribution in [0.5, 0.6) is 5.75 Å².